The average molecular weight is 1100 g/mol. The fourth-order valence-corrected chi connectivity index (χ4v) is 9.22. The lowest BCUT2D eigenvalue weighted by Gasteiger charge is -2.18. The van der Waals surface area contributed by atoms with Crippen molar-refractivity contribution in [3.63, 3.8) is 0 Å². The average Bonchev–Trinajstić information content (AvgIpc) is 3.45. The number of hydrogen-bond donors (Lipinski definition) is 0. The van der Waals surface area contributed by atoms with E-state index in [1.54, 1.807) is 0 Å². The molecule has 0 bridgehead atoms. The Labute approximate surface area is 489 Å². The van der Waals surface area contributed by atoms with Crippen LogP contribution in [0.15, 0.2) is 109 Å². The van der Waals surface area contributed by atoms with Crippen molar-refractivity contribution in [1.82, 2.24) is 0 Å². The largest absolute Gasteiger partial charge is 0.462 e. The van der Waals surface area contributed by atoms with E-state index in [1.807, 2.05) is 0 Å². The quantitative estimate of drug-likeness (QED) is 0.0261. The second kappa shape index (κ2) is 66.6. The summed E-state index contributed by atoms with van der Waals surface area (Å²) >= 11 is 0. The Kier molecular flexibility index (Phi) is 63.3. The van der Waals surface area contributed by atoms with Gasteiger partial charge in [0.25, 0.3) is 0 Å². The van der Waals surface area contributed by atoms with E-state index >= 15 is 0 Å². The zero-order valence-corrected chi connectivity index (χ0v) is 51.9. The van der Waals surface area contributed by atoms with E-state index < -0.39 is 6.10 Å². The summed E-state index contributed by atoms with van der Waals surface area (Å²) in [6, 6.07) is 0. The van der Waals surface area contributed by atoms with Gasteiger partial charge in [-0.3, -0.25) is 14.4 Å². The molecule has 0 aliphatic heterocycles. The van der Waals surface area contributed by atoms with E-state index in [4.69, 9.17) is 14.2 Å². The van der Waals surface area contributed by atoms with Gasteiger partial charge in [0.2, 0.25) is 0 Å². The summed E-state index contributed by atoms with van der Waals surface area (Å²) in [4.78, 5) is 38.3. The smallest absolute Gasteiger partial charge is 0.306 e. The monoisotopic (exact) mass is 1100 g/mol. The summed E-state index contributed by atoms with van der Waals surface area (Å²) < 4.78 is 16.9. The lowest BCUT2D eigenvalue weighted by atomic mass is 10.0. The van der Waals surface area contributed by atoms with Crippen molar-refractivity contribution in [2.45, 2.75) is 322 Å². The molecule has 0 N–H and O–H groups in total. The molecule has 6 nitrogen and oxygen atoms in total. The maximum Gasteiger partial charge on any atom is 0.306 e. The number of carbonyl (C=O) groups is 3. The van der Waals surface area contributed by atoms with E-state index in [0.717, 1.165) is 116 Å². The minimum Gasteiger partial charge on any atom is -0.462 e. The molecule has 0 rings (SSSR count). The summed E-state index contributed by atoms with van der Waals surface area (Å²) in [6.45, 7) is 6.48. The van der Waals surface area contributed by atoms with E-state index in [-0.39, 0.29) is 31.1 Å². The van der Waals surface area contributed by atoms with Crippen LogP contribution in [0.1, 0.15) is 316 Å². The Bertz CT molecular complexity index is 1590. The molecule has 1 unspecified atom stereocenters. The first-order chi connectivity index (χ1) is 39.0. The molecule has 6 heteroatoms. The number of esters is 3. The first-order valence-electron chi connectivity index (χ1n) is 33.4. The third-order valence-corrected chi connectivity index (χ3v) is 14.2. The highest BCUT2D eigenvalue weighted by Gasteiger charge is 2.19. The molecule has 0 amide bonds. The molecule has 0 fully saturated rings. The number of ether oxygens (including phenoxy) is 3. The van der Waals surface area contributed by atoms with Crippen LogP contribution in [-0.4, -0.2) is 37.2 Å². The van der Waals surface area contributed by atoms with Crippen LogP contribution in [0, 0.1) is 0 Å². The van der Waals surface area contributed by atoms with Crippen LogP contribution in [0.2, 0.25) is 0 Å². The fraction of sp³-hybridized carbons (Fsp3) is 0.712. The zero-order chi connectivity index (χ0) is 57.1. The van der Waals surface area contributed by atoms with Crippen molar-refractivity contribution in [3.8, 4) is 0 Å². The van der Waals surface area contributed by atoms with Gasteiger partial charge < -0.3 is 14.2 Å². The van der Waals surface area contributed by atoms with Crippen molar-refractivity contribution in [1.29, 1.82) is 0 Å². The molecule has 0 aromatic carbocycles. The topological polar surface area (TPSA) is 78.9 Å². The molecule has 0 heterocycles. The highest BCUT2D eigenvalue weighted by molar-refractivity contribution is 5.71. The van der Waals surface area contributed by atoms with Crippen molar-refractivity contribution >= 4 is 17.9 Å². The van der Waals surface area contributed by atoms with Crippen molar-refractivity contribution in [2.24, 2.45) is 0 Å². The fourth-order valence-electron chi connectivity index (χ4n) is 9.22. The number of carbonyl (C=O) groups excluding carboxylic acids is 3. The Morgan fingerprint density at radius 1 is 0.266 bits per heavy atom. The van der Waals surface area contributed by atoms with E-state index in [2.05, 4.69) is 130 Å². The van der Waals surface area contributed by atoms with Gasteiger partial charge in [0, 0.05) is 19.3 Å². The molecule has 1 atom stereocenters. The summed E-state index contributed by atoms with van der Waals surface area (Å²) in [7, 11) is 0. The number of rotatable bonds is 60. The molecule has 0 saturated heterocycles. The standard InChI is InChI=1S/C73H124O6/c1-4-7-10-13-16-19-22-24-26-28-30-32-34-36-38-40-42-44-46-48-51-54-57-60-63-66-72(75)78-69-70(68-77-71(74)65-62-59-56-53-50-21-18-15-12-9-6-3)79-73(76)67-64-61-58-55-52-49-47-45-43-41-39-37-35-33-31-29-27-25-23-20-17-14-11-8-5-2/h7,10,15-16,18-19,23-26,29-32,35-38,70H,4-6,8-9,11-14,17,20-22,27-28,33-34,39-69H2,1-3H3/b10-7-,18-15-,19-16-,25-23-,26-24-,31-29-,32-30-,37-35-,38-36-. The first kappa shape index (κ1) is 75.1. The minimum atomic E-state index is -0.789. The van der Waals surface area contributed by atoms with Crippen LogP contribution >= 0.6 is 0 Å². The third-order valence-electron chi connectivity index (χ3n) is 14.2. The second-order valence-electron chi connectivity index (χ2n) is 22.0. The van der Waals surface area contributed by atoms with Crippen LogP contribution in [0.4, 0.5) is 0 Å². The summed E-state index contributed by atoms with van der Waals surface area (Å²) in [6.07, 6.45) is 91.0. The van der Waals surface area contributed by atoms with Gasteiger partial charge in [-0.25, -0.2) is 0 Å². The lowest BCUT2D eigenvalue weighted by Crippen LogP contribution is -2.30. The maximum atomic E-state index is 12.9. The normalized spacial score (nSPS) is 12.8. The van der Waals surface area contributed by atoms with Crippen LogP contribution in [0.5, 0.6) is 0 Å². The minimum absolute atomic E-state index is 0.0855. The molecular weight excluding hydrogens is 973 g/mol. The van der Waals surface area contributed by atoms with Crippen molar-refractivity contribution in [2.75, 3.05) is 13.2 Å². The van der Waals surface area contributed by atoms with E-state index in [1.165, 1.54) is 161 Å². The molecule has 0 aromatic rings. The maximum absolute atomic E-state index is 12.9. The number of hydrogen-bond acceptors (Lipinski definition) is 6. The number of unbranched alkanes of at least 4 members (excludes halogenated alkanes) is 31. The van der Waals surface area contributed by atoms with Crippen LogP contribution in [-0.2, 0) is 28.6 Å². The van der Waals surface area contributed by atoms with Gasteiger partial charge >= 0.3 is 17.9 Å². The third kappa shape index (κ3) is 64.8. The SMILES string of the molecule is CC/C=C\C/C=C\C/C=C\C/C=C\C/C=C\CCCCCCCCCCCC(=O)OCC(COC(=O)CCCCCCC/C=C\CCCC)OC(=O)CCCCCCCCCCCC/C=C\C/C=C\C/C=C\CCCCCCC. The van der Waals surface area contributed by atoms with Gasteiger partial charge in [0.15, 0.2) is 6.10 Å². The molecular formula is C73H124O6. The van der Waals surface area contributed by atoms with Gasteiger partial charge in [0.05, 0.1) is 0 Å². The van der Waals surface area contributed by atoms with E-state index in [0.29, 0.717) is 19.3 Å². The molecule has 0 saturated carbocycles. The molecule has 452 valence electrons. The summed E-state index contributed by atoms with van der Waals surface area (Å²) in [5.74, 6) is -0.897. The Balaban J connectivity index is 4.29. The molecule has 0 radical (unpaired) electrons. The molecule has 0 aliphatic rings. The number of allylic oxidation sites excluding steroid dienone is 18. The highest BCUT2D eigenvalue weighted by Crippen LogP contribution is 2.16. The van der Waals surface area contributed by atoms with Gasteiger partial charge in [-0.15, -0.1) is 0 Å². The first-order valence-corrected chi connectivity index (χ1v) is 33.4. The predicted octanol–water partition coefficient (Wildman–Crippen LogP) is 23.0. The van der Waals surface area contributed by atoms with E-state index in [9.17, 15) is 14.4 Å². The van der Waals surface area contributed by atoms with Crippen LogP contribution in [0.3, 0.4) is 0 Å². The lowest BCUT2D eigenvalue weighted by molar-refractivity contribution is -0.167. The van der Waals surface area contributed by atoms with Gasteiger partial charge in [-0.05, 0) is 122 Å². The Hall–Kier alpha value is -3.93. The Morgan fingerprint density at radius 2 is 0.506 bits per heavy atom. The molecule has 0 spiro atoms. The molecule has 0 aromatic heterocycles. The van der Waals surface area contributed by atoms with Gasteiger partial charge in [-0.1, -0.05) is 284 Å². The van der Waals surface area contributed by atoms with Crippen molar-refractivity contribution in [3.05, 3.63) is 109 Å². The highest BCUT2D eigenvalue weighted by atomic mass is 16.6. The molecule has 0 aliphatic carbocycles. The summed E-state index contributed by atoms with van der Waals surface area (Å²) in [5, 5.41) is 0. The van der Waals surface area contributed by atoms with Crippen molar-refractivity contribution < 1.29 is 28.6 Å². The van der Waals surface area contributed by atoms with Gasteiger partial charge in [0.1, 0.15) is 13.2 Å². The summed E-state index contributed by atoms with van der Waals surface area (Å²) in [5.41, 5.74) is 0. The predicted molar refractivity (Wildman–Crippen MR) is 343 cm³/mol. The Morgan fingerprint density at radius 3 is 0.823 bits per heavy atom. The van der Waals surface area contributed by atoms with Gasteiger partial charge in [-0.2, -0.15) is 0 Å². The van der Waals surface area contributed by atoms with Crippen LogP contribution in [0.25, 0.3) is 0 Å². The van der Waals surface area contributed by atoms with Crippen LogP contribution < -0.4 is 0 Å². The second-order valence-corrected chi connectivity index (χ2v) is 22.0. The zero-order valence-electron chi connectivity index (χ0n) is 51.9. The molecule has 79 heavy (non-hydrogen) atoms.